The van der Waals surface area contributed by atoms with Gasteiger partial charge in [-0.25, -0.2) is 0 Å². The van der Waals surface area contributed by atoms with Gasteiger partial charge >= 0.3 is 0 Å². The van der Waals surface area contributed by atoms with Crippen molar-refractivity contribution in [1.29, 1.82) is 0 Å². The number of aryl methyl sites for hydroxylation is 3. The van der Waals surface area contributed by atoms with Gasteiger partial charge in [-0.15, -0.1) is 0 Å². The molecular weight excluding hydrogens is 246 g/mol. The molecule has 0 bridgehead atoms. The van der Waals surface area contributed by atoms with E-state index in [1.54, 1.807) is 0 Å². The van der Waals surface area contributed by atoms with Gasteiger partial charge in [0.25, 0.3) is 5.91 Å². The van der Waals surface area contributed by atoms with Crippen LogP contribution in [0.25, 0.3) is 0 Å². The van der Waals surface area contributed by atoms with E-state index in [9.17, 15) is 4.79 Å². The average molecular weight is 273 g/mol. The van der Waals surface area contributed by atoms with Gasteiger partial charge in [-0.05, 0) is 50.2 Å². The number of carbonyl (C=O) groups is 1. The third-order valence-corrected chi connectivity index (χ3v) is 4.93. The van der Waals surface area contributed by atoms with Gasteiger partial charge in [0.1, 0.15) is 0 Å². The number of hydrogen-bond acceptors (Lipinski definition) is 1. The molecule has 1 N–H and O–H groups in total. The van der Waals surface area contributed by atoms with Crippen LogP contribution in [0.2, 0.25) is 0 Å². The summed E-state index contributed by atoms with van der Waals surface area (Å²) in [6, 6.07) is 4.51. The van der Waals surface area contributed by atoms with Gasteiger partial charge < -0.3 is 5.32 Å². The van der Waals surface area contributed by atoms with Crippen LogP contribution in [0.15, 0.2) is 12.1 Å². The van der Waals surface area contributed by atoms with E-state index < -0.39 is 0 Å². The fourth-order valence-electron chi connectivity index (χ4n) is 3.56. The lowest BCUT2D eigenvalue weighted by molar-refractivity contribution is 0.0890. The standard InChI is InChI=1S/C18H27NO/c1-11-9-13(3)17(14(4)10-11)18(20)19-16-8-6-7-12(2)15(16)5/h9-10,12,15-16H,6-8H2,1-5H3,(H,19,20). The predicted molar refractivity (Wildman–Crippen MR) is 84.1 cm³/mol. The topological polar surface area (TPSA) is 29.1 Å². The Bertz CT molecular complexity index is 483. The number of carbonyl (C=O) groups excluding carboxylic acids is 1. The summed E-state index contributed by atoms with van der Waals surface area (Å²) in [7, 11) is 0. The van der Waals surface area contributed by atoms with Gasteiger partial charge in [-0.3, -0.25) is 4.79 Å². The van der Waals surface area contributed by atoms with E-state index >= 15 is 0 Å². The van der Waals surface area contributed by atoms with Crippen molar-refractivity contribution in [3.05, 3.63) is 34.4 Å². The fraction of sp³-hybridized carbons (Fsp3) is 0.611. The molecule has 1 amide bonds. The zero-order valence-corrected chi connectivity index (χ0v) is 13.4. The molecule has 3 unspecified atom stereocenters. The first kappa shape index (κ1) is 15.1. The second kappa shape index (κ2) is 5.99. The Morgan fingerprint density at radius 1 is 1.10 bits per heavy atom. The van der Waals surface area contributed by atoms with Crippen molar-refractivity contribution in [2.45, 2.75) is 59.9 Å². The molecule has 0 aromatic heterocycles. The summed E-state index contributed by atoms with van der Waals surface area (Å²) in [6.07, 6.45) is 3.62. The van der Waals surface area contributed by atoms with Crippen LogP contribution < -0.4 is 5.32 Å². The first-order valence-electron chi connectivity index (χ1n) is 7.79. The highest BCUT2D eigenvalue weighted by molar-refractivity contribution is 5.97. The maximum absolute atomic E-state index is 12.6. The third-order valence-electron chi connectivity index (χ3n) is 4.93. The van der Waals surface area contributed by atoms with Gasteiger partial charge in [-0.2, -0.15) is 0 Å². The third kappa shape index (κ3) is 3.05. The molecule has 1 saturated carbocycles. The van der Waals surface area contributed by atoms with E-state index in [1.165, 1.54) is 18.4 Å². The highest BCUT2D eigenvalue weighted by Crippen LogP contribution is 2.30. The summed E-state index contributed by atoms with van der Waals surface area (Å²) in [5.74, 6) is 1.37. The molecule has 110 valence electrons. The zero-order valence-electron chi connectivity index (χ0n) is 13.4. The van der Waals surface area contributed by atoms with Gasteiger partial charge in [0.2, 0.25) is 0 Å². The molecule has 20 heavy (non-hydrogen) atoms. The maximum Gasteiger partial charge on any atom is 0.252 e. The van der Waals surface area contributed by atoms with E-state index in [4.69, 9.17) is 0 Å². The Morgan fingerprint density at radius 2 is 1.70 bits per heavy atom. The van der Waals surface area contributed by atoms with Crippen molar-refractivity contribution in [3.63, 3.8) is 0 Å². The van der Waals surface area contributed by atoms with E-state index in [1.807, 2.05) is 13.8 Å². The largest absolute Gasteiger partial charge is 0.349 e. The molecule has 0 aliphatic heterocycles. The van der Waals surface area contributed by atoms with E-state index in [0.29, 0.717) is 17.9 Å². The smallest absolute Gasteiger partial charge is 0.252 e. The molecule has 0 spiro atoms. The van der Waals surface area contributed by atoms with Crippen molar-refractivity contribution >= 4 is 5.91 Å². The van der Waals surface area contributed by atoms with Crippen LogP contribution in [-0.4, -0.2) is 11.9 Å². The van der Waals surface area contributed by atoms with Crippen LogP contribution in [0.3, 0.4) is 0 Å². The lowest BCUT2D eigenvalue weighted by Gasteiger charge is -2.34. The molecular formula is C18H27NO. The average Bonchev–Trinajstić information content (AvgIpc) is 2.33. The number of hydrogen-bond donors (Lipinski definition) is 1. The second-order valence-electron chi connectivity index (χ2n) is 6.62. The Labute approximate surface area is 123 Å². The maximum atomic E-state index is 12.6. The molecule has 2 rings (SSSR count). The first-order chi connectivity index (χ1) is 9.40. The predicted octanol–water partition coefficient (Wildman–Crippen LogP) is 4.17. The van der Waals surface area contributed by atoms with Crippen LogP contribution in [0, 0.1) is 32.6 Å². The van der Waals surface area contributed by atoms with Crippen molar-refractivity contribution in [2.75, 3.05) is 0 Å². The van der Waals surface area contributed by atoms with E-state index in [-0.39, 0.29) is 5.91 Å². The summed E-state index contributed by atoms with van der Waals surface area (Å²) in [5.41, 5.74) is 4.24. The Morgan fingerprint density at radius 3 is 2.30 bits per heavy atom. The molecule has 1 aromatic carbocycles. The molecule has 3 atom stereocenters. The van der Waals surface area contributed by atoms with Crippen LogP contribution in [0.1, 0.15) is 60.2 Å². The van der Waals surface area contributed by atoms with Gasteiger partial charge in [0.15, 0.2) is 0 Å². The van der Waals surface area contributed by atoms with Gasteiger partial charge in [0.05, 0.1) is 0 Å². The normalized spacial score (nSPS) is 26.4. The van der Waals surface area contributed by atoms with Crippen LogP contribution in [0.4, 0.5) is 0 Å². The lowest BCUT2D eigenvalue weighted by Crippen LogP contribution is -2.44. The van der Waals surface area contributed by atoms with Crippen LogP contribution in [0.5, 0.6) is 0 Å². The number of benzene rings is 1. The van der Waals surface area contributed by atoms with Crippen molar-refractivity contribution in [3.8, 4) is 0 Å². The minimum atomic E-state index is 0.103. The summed E-state index contributed by atoms with van der Waals surface area (Å²) in [5, 5.41) is 3.28. The van der Waals surface area contributed by atoms with Crippen LogP contribution >= 0.6 is 0 Å². The Kier molecular flexibility index (Phi) is 4.52. The summed E-state index contributed by atoms with van der Waals surface area (Å²) >= 11 is 0. The molecule has 1 fully saturated rings. The monoisotopic (exact) mass is 273 g/mol. The number of nitrogens with one attached hydrogen (secondary N) is 1. The van der Waals surface area contributed by atoms with E-state index in [0.717, 1.165) is 23.1 Å². The quantitative estimate of drug-likeness (QED) is 0.861. The molecule has 2 nitrogen and oxygen atoms in total. The molecule has 0 saturated heterocycles. The SMILES string of the molecule is Cc1cc(C)c(C(=O)NC2CCCC(C)C2C)c(C)c1. The Hall–Kier alpha value is -1.31. The van der Waals surface area contributed by atoms with Crippen molar-refractivity contribution in [2.24, 2.45) is 11.8 Å². The summed E-state index contributed by atoms with van der Waals surface area (Å²) in [6.45, 7) is 10.7. The van der Waals surface area contributed by atoms with Crippen molar-refractivity contribution in [1.82, 2.24) is 5.32 Å². The zero-order chi connectivity index (χ0) is 14.9. The van der Waals surface area contributed by atoms with Crippen LogP contribution in [-0.2, 0) is 0 Å². The highest BCUT2D eigenvalue weighted by Gasteiger charge is 2.28. The lowest BCUT2D eigenvalue weighted by atomic mass is 9.78. The molecule has 0 heterocycles. The molecule has 1 aliphatic carbocycles. The fourth-order valence-corrected chi connectivity index (χ4v) is 3.56. The minimum absolute atomic E-state index is 0.103. The van der Waals surface area contributed by atoms with Gasteiger partial charge in [0, 0.05) is 11.6 Å². The van der Waals surface area contributed by atoms with Gasteiger partial charge in [-0.1, -0.05) is 44.4 Å². The molecule has 1 aromatic rings. The summed E-state index contributed by atoms with van der Waals surface area (Å²) < 4.78 is 0. The van der Waals surface area contributed by atoms with E-state index in [2.05, 4.69) is 38.2 Å². The number of rotatable bonds is 2. The summed E-state index contributed by atoms with van der Waals surface area (Å²) in [4.78, 5) is 12.6. The number of amides is 1. The first-order valence-corrected chi connectivity index (χ1v) is 7.79. The second-order valence-corrected chi connectivity index (χ2v) is 6.62. The Balaban J connectivity index is 2.16. The highest BCUT2D eigenvalue weighted by atomic mass is 16.1. The molecule has 1 aliphatic rings. The minimum Gasteiger partial charge on any atom is -0.349 e. The molecule has 0 radical (unpaired) electrons. The van der Waals surface area contributed by atoms with Crippen molar-refractivity contribution < 1.29 is 4.79 Å². The molecule has 2 heteroatoms.